The zero-order valence-corrected chi connectivity index (χ0v) is 17.4. The van der Waals surface area contributed by atoms with Gasteiger partial charge in [-0.1, -0.05) is 11.6 Å². The lowest BCUT2D eigenvalue weighted by atomic mass is 10.1. The van der Waals surface area contributed by atoms with Gasteiger partial charge in [-0.05, 0) is 38.3 Å². The molecule has 11 heteroatoms. The van der Waals surface area contributed by atoms with Crippen LogP contribution in [0.1, 0.15) is 46.1 Å². The zero-order chi connectivity index (χ0) is 21.5. The lowest BCUT2D eigenvalue weighted by molar-refractivity contribution is -0.0302. The predicted molar refractivity (Wildman–Crippen MR) is 106 cm³/mol. The molecular weight excluding hydrogens is 415 g/mol. The second-order valence-electron chi connectivity index (χ2n) is 7.36. The summed E-state index contributed by atoms with van der Waals surface area (Å²) in [6, 6.07) is 3.89. The van der Waals surface area contributed by atoms with Crippen molar-refractivity contribution in [1.82, 2.24) is 9.55 Å². The molecule has 3 heterocycles. The Morgan fingerprint density at radius 1 is 1.33 bits per heavy atom. The molecular formula is C19H22N2O8P+. The number of fused-ring (bicyclic) bond motifs is 1. The summed E-state index contributed by atoms with van der Waals surface area (Å²) < 4.78 is 23.7. The number of nitrogens with zero attached hydrogens (tertiary/aromatic N) is 1. The number of H-pyrrole nitrogens is 1. The van der Waals surface area contributed by atoms with Gasteiger partial charge in [0.1, 0.15) is 19.4 Å². The van der Waals surface area contributed by atoms with Crippen molar-refractivity contribution in [3.05, 3.63) is 61.4 Å². The molecule has 2 N–H and O–H groups in total. The average molecular weight is 437 g/mol. The van der Waals surface area contributed by atoms with E-state index in [1.807, 2.05) is 26.0 Å². The number of aldehydes is 1. The van der Waals surface area contributed by atoms with Crippen molar-refractivity contribution in [3.63, 3.8) is 0 Å². The van der Waals surface area contributed by atoms with Crippen LogP contribution in [-0.2, 0) is 20.4 Å². The van der Waals surface area contributed by atoms with Crippen molar-refractivity contribution in [1.29, 1.82) is 0 Å². The van der Waals surface area contributed by atoms with Crippen molar-refractivity contribution < 1.29 is 28.0 Å². The number of rotatable bonds is 5. The molecule has 3 unspecified atom stereocenters. The van der Waals surface area contributed by atoms with E-state index in [0.29, 0.717) is 24.9 Å². The van der Waals surface area contributed by atoms with E-state index < -0.39 is 31.8 Å². The fraction of sp³-hybridized carbons (Fsp3) is 0.421. The Balaban J connectivity index is 1.41. The molecule has 1 saturated heterocycles. The van der Waals surface area contributed by atoms with Gasteiger partial charge in [0.05, 0.1) is 11.7 Å². The molecule has 10 nitrogen and oxygen atoms in total. The third-order valence-corrected chi connectivity index (χ3v) is 6.37. The molecule has 0 bridgehead atoms. The molecule has 2 aliphatic heterocycles. The minimum atomic E-state index is -3.55. The van der Waals surface area contributed by atoms with Crippen LogP contribution in [0.5, 0.6) is 5.75 Å². The number of aromatic nitrogens is 2. The first-order valence-corrected chi connectivity index (χ1v) is 10.9. The maximum absolute atomic E-state index is 12.0. The van der Waals surface area contributed by atoms with Crippen LogP contribution in [0.2, 0.25) is 0 Å². The van der Waals surface area contributed by atoms with Gasteiger partial charge in [-0.25, -0.2) is 4.79 Å². The molecule has 0 amide bonds. The average Bonchev–Trinajstić information content (AvgIpc) is 3.16. The number of benzene rings is 1. The normalized spacial score (nSPS) is 25.6. The van der Waals surface area contributed by atoms with Gasteiger partial charge >= 0.3 is 13.9 Å². The second kappa shape index (κ2) is 8.05. The quantitative estimate of drug-likeness (QED) is 0.536. The molecule has 0 aliphatic carbocycles. The van der Waals surface area contributed by atoms with Gasteiger partial charge in [-0.3, -0.25) is 23.7 Å². The van der Waals surface area contributed by atoms with Crippen LogP contribution >= 0.6 is 8.17 Å². The third-order valence-electron chi connectivity index (χ3n) is 5.03. The lowest BCUT2D eigenvalue weighted by Crippen LogP contribution is -2.34. The number of aromatic amines is 1. The minimum Gasteiger partial charge on any atom is -0.352 e. The highest BCUT2D eigenvalue weighted by molar-refractivity contribution is 7.55. The predicted octanol–water partition coefficient (Wildman–Crippen LogP) is 1.94. The highest BCUT2D eigenvalue weighted by Gasteiger charge is 2.51. The van der Waals surface area contributed by atoms with Crippen molar-refractivity contribution in [3.8, 4) is 5.75 Å². The summed E-state index contributed by atoms with van der Waals surface area (Å²) in [5.74, 6) is 0.564. The van der Waals surface area contributed by atoms with Crippen LogP contribution in [-0.4, -0.2) is 33.4 Å². The standard InChI is InChI=1S/C19H21N2O8P/c1-11-5-12(2)17-13(6-11)9-26-30(25,29-17)27-10-15-3-4-16(28-15)21-7-14(8-22)18(23)20-19(21)24/h5-8,15-16,25H,3-4,9-10H2,1-2H3/p+1. The Hall–Kier alpha value is -2.36. The Morgan fingerprint density at radius 2 is 2.13 bits per heavy atom. The van der Waals surface area contributed by atoms with Crippen molar-refractivity contribution in [2.24, 2.45) is 0 Å². The van der Waals surface area contributed by atoms with E-state index in [-0.39, 0.29) is 18.8 Å². The maximum Gasteiger partial charge on any atom is 0.619 e. The Labute approximate surface area is 172 Å². The first-order valence-electron chi connectivity index (χ1n) is 9.44. The summed E-state index contributed by atoms with van der Waals surface area (Å²) >= 11 is 0. The topological polar surface area (TPSA) is 129 Å². The van der Waals surface area contributed by atoms with Gasteiger partial charge in [0, 0.05) is 11.8 Å². The third kappa shape index (κ3) is 4.10. The number of hydrogen-bond acceptors (Lipinski definition) is 8. The van der Waals surface area contributed by atoms with Gasteiger partial charge in [0.25, 0.3) is 5.56 Å². The van der Waals surface area contributed by atoms with Crippen LogP contribution in [0.25, 0.3) is 0 Å². The molecule has 30 heavy (non-hydrogen) atoms. The molecule has 1 fully saturated rings. The van der Waals surface area contributed by atoms with E-state index in [2.05, 4.69) is 4.98 Å². The van der Waals surface area contributed by atoms with Crippen LogP contribution in [0.15, 0.2) is 27.9 Å². The smallest absolute Gasteiger partial charge is 0.352 e. The van der Waals surface area contributed by atoms with E-state index in [1.54, 1.807) is 0 Å². The fourth-order valence-corrected chi connectivity index (χ4v) is 4.96. The molecule has 0 spiro atoms. The molecule has 0 saturated carbocycles. The molecule has 1 aromatic carbocycles. The van der Waals surface area contributed by atoms with Crippen LogP contribution < -0.4 is 15.8 Å². The Bertz CT molecular complexity index is 1100. The van der Waals surface area contributed by atoms with E-state index in [0.717, 1.165) is 16.7 Å². The van der Waals surface area contributed by atoms with Crippen LogP contribution in [0, 0.1) is 13.8 Å². The molecule has 2 aromatic rings. The molecule has 3 atom stereocenters. The summed E-state index contributed by atoms with van der Waals surface area (Å²) in [4.78, 5) is 47.3. The second-order valence-corrected chi connectivity index (χ2v) is 8.99. The first-order chi connectivity index (χ1) is 14.3. The van der Waals surface area contributed by atoms with Crippen molar-refractivity contribution in [2.45, 2.75) is 45.6 Å². The van der Waals surface area contributed by atoms with E-state index in [1.165, 1.54) is 10.8 Å². The number of carbonyl (C=O) groups excluding carboxylic acids is 1. The molecule has 1 aromatic heterocycles. The van der Waals surface area contributed by atoms with Crippen molar-refractivity contribution in [2.75, 3.05) is 6.61 Å². The number of ether oxygens (including phenoxy) is 1. The van der Waals surface area contributed by atoms with E-state index in [9.17, 15) is 19.3 Å². The SMILES string of the molecule is Cc1cc(C)c2c(c1)CO[P+](O)(OCC1CCC(n3cc(C=O)c(=O)[nH]c3=O)O1)O2. The summed E-state index contributed by atoms with van der Waals surface area (Å²) in [6.07, 6.45) is 1.49. The number of nitrogens with one attached hydrogen (secondary N) is 1. The largest absolute Gasteiger partial charge is 0.619 e. The maximum atomic E-state index is 12.0. The highest BCUT2D eigenvalue weighted by Crippen LogP contribution is 2.62. The Kier molecular flexibility index (Phi) is 5.61. The van der Waals surface area contributed by atoms with E-state index >= 15 is 0 Å². The van der Waals surface area contributed by atoms with Gasteiger partial charge in [0.2, 0.25) is 0 Å². The van der Waals surface area contributed by atoms with Gasteiger partial charge in [0.15, 0.2) is 12.0 Å². The number of aryl methyl sites for hydroxylation is 2. The summed E-state index contributed by atoms with van der Waals surface area (Å²) in [7, 11) is -3.55. The number of hydrogen-bond donors (Lipinski definition) is 2. The molecule has 0 radical (unpaired) electrons. The molecule has 4 rings (SSSR count). The van der Waals surface area contributed by atoms with Crippen molar-refractivity contribution >= 4 is 14.5 Å². The summed E-state index contributed by atoms with van der Waals surface area (Å²) in [5, 5.41) is 0. The van der Waals surface area contributed by atoms with Gasteiger partial charge in [-0.15, -0.1) is 9.05 Å². The highest BCUT2D eigenvalue weighted by atomic mass is 31.2. The number of carbonyl (C=O) groups is 1. The Morgan fingerprint density at radius 3 is 2.90 bits per heavy atom. The first kappa shape index (κ1) is 20.9. The van der Waals surface area contributed by atoms with Crippen LogP contribution in [0.3, 0.4) is 0 Å². The van der Waals surface area contributed by atoms with Crippen LogP contribution in [0.4, 0.5) is 0 Å². The lowest BCUT2D eigenvalue weighted by Gasteiger charge is -2.24. The minimum absolute atomic E-state index is 0.000336. The fourth-order valence-electron chi connectivity index (χ4n) is 3.63. The molecule has 160 valence electrons. The molecule has 2 aliphatic rings. The van der Waals surface area contributed by atoms with Gasteiger partial charge in [-0.2, -0.15) is 4.89 Å². The summed E-state index contributed by atoms with van der Waals surface area (Å²) in [5.41, 5.74) is 1.24. The zero-order valence-electron chi connectivity index (χ0n) is 16.5. The van der Waals surface area contributed by atoms with E-state index in [4.69, 9.17) is 18.3 Å². The summed E-state index contributed by atoms with van der Waals surface area (Å²) in [6.45, 7) is 4.04. The monoisotopic (exact) mass is 437 g/mol. The van der Waals surface area contributed by atoms with Gasteiger partial charge < -0.3 is 4.74 Å².